The monoisotopic (exact) mass is 967 g/mol. The van der Waals surface area contributed by atoms with Crippen molar-refractivity contribution in [1.29, 1.82) is 0 Å². The fourth-order valence-electron chi connectivity index (χ4n) is 13.3. The minimum absolute atomic E-state index is 0.534. The molecule has 0 N–H and O–H groups in total. The number of thiophene rings is 1. The van der Waals surface area contributed by atoms with Crippen molar-refractivity contribution in [2.45, 2.75) is 5.41 Å². The lowest BCUT2D eigenvalue weighted by Crippen LogP contribution is -2.26. The molecule has 0 unspecified atom stereocenters. The van der Waals surface area contributed by atoms with Crippen LogP contribution in [0.3, 0.4) is 0 Å². The van der Waals surface area contributed by atoms with Gasteiger partial charge in [-0.25, -0.2) is 0 Å². The van der Waals surface area contributed by atoms with Crippen LogP contribution in [0.15, 0.2) is 273 Å². The summed E-state index contributed by atoms with van der Waals surface area (Å²) in [5.41, 5.74) is 20.5. The van der Waals surface area contributed by atoms with Crippen LogP contribution >= 0.6 is 11.3 Å². The number of rotatable bonds is 6. The predicted octanol–water partition coefficient (Wildman–Crippen LogP) is 20.3. The van der Waals surface area contributed by atoms with Crippen LogP contribution in [0, 0.1) is 0 Å². The normalized spacial score (nSPS) is 12.9. The van der Waals surface area contributed by atoms with Gasteiger partial charge in [-0.2, -0.15) is 0 Å². The highest BCUT2D eigenvalue weighted by molar-refractivity contribution is 7.26. The van der Waals surface area contributed by atoms with E-state index in [2.05, 4.69) is 278 Å². The maximum Gasteiger partial charge on any atom is 0.0726 e. The van der Waals surface area contributed by atoms with Crippen LogP contribution in [0.4, 0.5) is 17.1 Å². The molecule has 348 valence electrons. The molecule has 2 aliphatic rings. The van der Waals surface area contributed by atoms with Crippen molar-refractivity contribution in [1.82, 2.24) is 0 Å². The molecule has 0 radical (unpaired) electrons. The standard InChI is InChI=1S/C73H45NS/c1-2-17-46(18-3-1)47-33-35-48(36-34-47)49-37-39-50(40-38-49)74(51-41-42-56-54-21-5-4-19-52(54)53-20-6-7-22-55(53)62(56)43-51)69-45-68-63(44-64(69)60-27-16-32-71-72(60)61-26-11-15-31-70(61)75-71)59-25-10-14-30-67(59)73(68)65-28-12-8-23-57(65)58-24-9-13-29-66(58)73/h1-45H. The first kappa shape index (κ1) is 42.2. The molecule has 13 aromatic carbocycles. The minimum Gasteiger partial charge on any atom is -0.310 e. The fourth-order valence-corrected chi connectivity index (χ4v) is 14.4. The lowest BCUT2D eigenvalue weighted by Gasteiger charge is -2.33. The summed E-state index contributed by atoms with van der Waals surface area (Å²) >= 11 is 1.88. The van der Waals surface area contributed by atoms with Crippen LogP contribution in [0.2, 0.25) is 0 Å². The van der Waals surface area contributed by atoms with E-state index in [1.54, 1.807) is 0 Å². The summed E-state index contributed by atoms with van der Waals surface area (Å²) in [5, 5.41) is 10.1. The Morgan fingerprint density at radius 3 is 1.31 bits per heavy atom. The van der Waals surface area contributed by atoms with E-state index in [9.17, 15) is 0 Å². The molecule has 1 aromatic heterocycles. The maximum atomic E-state index is 2.59. The smallest absolute Gasteiger partial charge is 0.0726 e. The molecule has 1 heterocycles. The Labute approximate surface area is 439 Å². The fraction of sp³-hybridized carbons (Fsp3) is 0.0137. The number of fused-ring (bicyclic) bond motifs is 19. The van der Waals surface area contributed by atoms with Crippen LogP contribution in [0.1, 0.15) is 22.3 Å². The minimum atomic E-state index is -0.534. The number of hydrogen-bond acceptors (Lipinski definition) is 2. The van der Waals surface area contributed by atoms with Gasteiger partial charge in [0.05, 0.1) is 11.1 Å². The van der Waals surface area contributed by atoms with E-state index in [4.69, 9.17) is 0 Å². The lowest BCUT2D eigenvalue weighted by molar-refractivity contribution is 0.794. The van der Waals surface area contributed by atoms with Gasteiger partial charge >= 0.3 is 0 Å². The molecule has 75 heavy (non-hydrogen) atoms. The van der Waals surface area contributed by atoms with Gasteiger partial charge in [0.1, 0.15) is 0 Å². The number of nitrogens with zero attached hydrogens (tertiary/aromatic N) is 1. The summed E-state index contributed by atoms with van der Waals surface area (Å²) in [6.45, 7) is 0. The molecule has 16 rings (SSSR count). The van der Waals surface area contributed by atoms with Crippen molar-refractivity contribution >= 4 is 80.9 Å². The highest BCUT2D eigenvalue weighted by Crippen LogP contribution is 2.64. The van der Waals surface area contributed by atoms with Gasteiger partial charge in [0.2, 0.25) is 0 Å². The Bertz CT molecular complexity index is 4560. The molecule has 1 spiro atoms. The van der Waals surface area contributed by atoms with Gasteiger partial charge in [-0.3, -0.25) is 0 Å². The van der Waals surface area contributed by atoms with Crippen molar-refractivity contribution in [2.75, 3.05) is 4.90 Å². The molecule has 0 amide bonds. The molecular weight excluding hydrogens is 923 g/mol. The van der Waals surface area contributed by atoms with Gasteiger partial charge in [0.15, 0.2) is 0 Å². The molecule has 0 atom stereocenters. The first-order valence-electron chi connectivity index (χ1n) is 26.0. The van der Waals surface area contributed by atoms with Crippen LogP contribution in [-0.4, -0.2) is 0 Å². The second-order valence-corrected chi connectivity index (χ2v) is 21.3. The summed E-state index contributed by atoms with van der Waals surface area (Å²) in [6.07, 6.45) is 0. The number of anilines is 3. The zero-order chi connectivity index (χ0) is 49.2. The molecule has 2 aliphatic carbocycles. The molecule has 0 saturated heterocycles. The Kier molecular flexibility index (Phi) is 9.19. The maximum absolute atomic E-state index is 2.59. The third-order valence-corrected chi connectivity index (χ3v) is 17.6. The molecule has 0 aliphatic heterocycles. The quantitative estimate of drug-likeness (QED) is 0.150. The Morgan fingerprint density at radius 1 is 0.253 bits per heavy atom. The van der Waals surface area contributed by atoms with Crippen molar-refractivity contribution in [3.63, 3.8) is 0 Å². The van der Waals surface area contributed by atoms with Crippen LogP contribution in [-0.2, 0) is 5.41 Å². The van der Waals surface area contributed by atoms with Crippen molar-refractivity contribution in [3.8, 4) is 55.6 Å². The van der Waals surface area contributed by atoms with Gasteiger partial charge in [-0.05, 0) is 153 Å². The van der Waals surface area contributed by atoms with E-state index in [-0.39, 0.29) is 0 Å². The van der Waals surface area contributed by atoms with Gasteiger partial charge < -0.3 is 4.90 Å². The molecule has 0 saturated carbocycles. The third-order valence-electron chi connectivity index (χ3n) is 16.5. The van der Waals surface area contributed by atoms with E-state index >= 15 is 0 Å². The largest absolute Gasteiger partial charge is 0.310 e. The molecule has 0 fully saturated rings. The number of benzene rings is 13. The molecule has 0 bridgehead atoms. The van der Waals surface area contributed by atoms with E-state index in [1.807, 2.05) is 11.3 Å². The summed E-state index contributed by atoms with van der Waals surface area (Å²) < 4.78 is 2.58. The summed E-state index contributed by atoms with van der Waals surface area (Å²) in [4.78, 5) is 2.57. The molecule has 14 aromatic rings. The van der Waals surface area contributed by atoms with Gasteiger partial charge in [0.25, 0.3) is 0 Å². The first-order valence-corrected chi connectivity index (χ1v) is 26.8. The average Bonchev–Trinajstić information content (AvgIpc) is 4.30. The van der Waals surface area contributed by atoms with Gasteiger partial charge in [0, 0.05) is 37.1 Å². The second kappa shape index (κ2) is 16.3. The summed E-state index contributed by atoms with van der Waals surface area (Å²) in [5.74, 6) is 0. The van der Waals surface area contributed by atoms with Crippen LogP contribution in [0.5, 0.6) is 0 Å². The Morgan fingerprint density at radius 2 is 0.693 bits per heavy atom. The molecule has 1 nitrogen and oxygen atoms in total. The molecule has 2 heteroatoms. The van der Waals surface area contributed by atoms with Crippen LogP contribution < -0.4 is 4.90 Å². The highest BCUT2D eigenvalue weighted by atomic mass is 32.1. The highest BCUT2D eigenvalue weighted by Gasteiger charge is 2.52. The van der Waals surface area contributed by atoms with Gasteiger partial charge in [-0.15, -0.1) is 11.3 Å². The Hall–Kier alpha value is -9.34. The van der Waals surface area contributed by atoms with E-state index in [0.717, 1.165) is 17.1 Å². The Balaban J connectivity index is 1.01. The number of hydrogen-bond donors (Lipinski definition) is 0. The predicted molar refractivity (Wildman–Crippen MR) is 319 cm³/mol. The van der Waals surface area contributed by atoms with Crippen LogP contribution in [0.25, 0.3) is 108 Å². The van der Waals surface area contributed by atoms with Crippen molar-refractivity contribution in [2.24, 2.45) is 0 Å². The third kappa shape index (κ3) is 6.12. The zero-order valence-corrected chi connectivity index (χ0v) is 41.7. The van der Waals surface area contributed by atoms with Crippen molar-refractivity contribution < 1.29 is 0 Å². The summed E-state index contributed by atoms with van der Waals surface area (Å²) in [6, 6.07) is 102. The van der Waals surface area contributed by atoms with Gasteiger partial charge in [-0.1, -0.05) is 224 Å². The van der Waals surface area contributed by atoms with E-state index in [1.165, 1.54) is 130 Å². The molecular formula is C73H45NS. The van der Waals surface area contributed by atoms with E-state index < -0.39 is 5.41 Å². The second-order valence-electron chi connectivity index (χ2n) is 20.2. The summed E-state index contributed by atoms with van der Waals surface area (Å²) in [7, 11) is 0. The average molecular weight is 968 g/mol. The first-order chi connectivity index (χ1) is 37.2. The van der Waals surface area contributed by atoms with Crippen molar-refractivity contribution in [3.05, 3.63) is 295 Å². The zero-order valence-electron chi connectivity index (χ0n) is 40.8. The lowest BCUT2D eigenvalue weighted by atomic mass is 9.70. The van der Waals surface area contributed by atoms with E-state index in [0.29, 0.717) is 0 Å². The topological polar surface area (TPSA) is 3.24 Å². The SMILES string of the molecule is c1ccc(-c2ccc(-c3ccc(N(c4ccc5c6ccccc6c6ccccc6c5c4)c4cc5c(cc4-c4cccc6sc7ccccc7c46)-c4ccccc4C54c5ccccc5-c5ccccc54)cc3)cc2)cc1.